The second-order valence-electron chi connectivity index (χ2n) is 9.97. The van der Waals surface area contributed by atoms with E-state index in [1.54, 1.807) is 56.7 Å². The fourth-order valence-corrected chi connectivity index (χ4v) is 5.51. The van der Waals surface area contributed by atoms with Crippen LogP contribution < -0.4 is 15.0 Å². The van der Waals surface area contributed by atoms with Gasteiger partial charge in [-0.1, -0.05) is 45.0 Å². The minimum Gasteiger partial charge on any atom is -0.497 e. The molecule has 0 spiro atoms. The van der Waals surface area contributed by atoms with Gasteiger partial charge in [0.05, 0.1) is 19.1 Å². The summed E-state index contributed by atoms with van der Waals surface area (Å²) >= 11 is 0. The van der Waals surface area contributed by atoms with E-state index in [4.69, 9.17) is 9.47 Å². The molecule has 1 aromatic heterocycles. The van der Waals surface area contributed by atoms with E-state index in [9.17, 15) is 13.2 Å². The summed E-state index contributed by atoms with van der Waals surface area (Å²) in [7, 11) is -0.785. The number of aromatic amines is 1. The molecule has 0 fully saturated rings. The number of fused-ring (bicyclic) bond motifs is 1. The molecule has 0 aliphatic rings. The van der Waals surface area contributed by atoms with Crippen LogP contribution in [0.1, 0.15) is 37.5 Å². The number of sulfonamides is 1. The molecule has 194 valence electrons. The third kappa shape index (κ3) is 5.87. The molecule has 0 aliphatic carbocycles. The molecule has 4 aromatic rings. The van der Waals surface area contributed by atoms with Crippen molar-refractivity contribution in [1.82, 2.24) is 9.29 Å². The van der Waals surface area contributed by atoms with Crippen molar-refractivity contribution in [2.24, 2.45) is 0 Å². The Kier molecular flexibility index (Phi) is 7.43. The molecule has 0 bridgehead atoms. The molecule has 0 atom stereocenters. The first-order valence-electron chi connectivity index (χ1n) is 11.9. The molecule has 4 rings (SSSR count). The summed E-state index contributed by atoms with van der Waals surface area (Å²) < 4.78 is 39.6. The summed E-state index contributed by atoms with van der Waals surface area (Å²) in [5.41, 5.74) is 2.35. The zero-order chi connectivity index (χ0) is 26.8. The van der Waals surface area contributed by atoms with Crippen LogP contribution >= 0.6 is 0 Å². The molecule has 37 heavy (non-hydrogen) atoms. The highest BCUT2D eigenvalue weighted by atomic mass is 32.2. The Labute approximate surface area is 217 Å². The van der Waals surface area contributed by atoms with Gasteiger partial charge in [-0.15, -0.1) is 0 Å². The van der Waals surface area contributed by atoms with Crippen molar-refractivity contribution >= 4 is 20.9 Å². The Morgan fingerprint density at radius 2 is 1.43 bits per heavy atom. The van der Waals surface area contributed by atoms with Gasteiger partial charge >= 0.3 is 0 Å². The molecule has 1 heterocycles. The highest BCUT2D eigenvalue weighted by Gasteiger charge is 2.27. The summed E-state index contributed by atoms with van der Waals surface area (Å²) in [5.74, 6) is 1.32. The summed E-state index contributed by atoms with van der Waals surface area (Å²) in [6.45, 7) is 6.22. The number of nitrogens with zero attached hydrogens (tertiary/aromatic N) is 1. The van der Waals surface area contributed by atoms with Gasteiger partial charge in [-0.25, -0.2) is 8.42 Å². The van der Waals surface area contributed by atoms with Gasteiger partial charge in [-0.05, 0) is 65.1 Å². The van der Waals surface area contributed by atoms with Crippen LogP contribution in [0.4, 0.5) is 0 Å². The van der Waals surface area contributed by atoms with Crippen molar-refractivity contribution in [3.8, 4) is 11.5 Å². The first kappa shape index (κ1) is 26.4. The maximum Gasteiger partial charge on any atom is 0.252 e. The van der Waals surface area contributed by atoms with Crippen LogP contribution in [0.2, 0.25) is 0 Å². The average Bonchev–Trinajstić information content (AvgIpc) is 2.88. The molecule has 0 unspecified atom stereocenters. The number of nitrogens with one attached hydrogen (secondary N) is 1. The minimum absolute atomic E-state index is 0.0862. The number of pyridine rings is 1. The zero-order valence-corrected chi connectivity index (χ0v) is 22.6. The number of hydrogen-bond donors (Lipinski definition) is 1. The number of rotatable bonds is 8. The highest BCUT2D eigenvalue weighted by molar-refractivity contribution is 7.89. The number of H-pyrrole nitrogens is 1. The van der Waals surface area contributed by atoms with Gasteiger partial charge in [0.25, 0.3) is 5.56 Å². The van der Waals surface area contributed by atoms with Gasteiger partial charge in [0.2, 0.25) is 10.0 Å². The van der Waals surface area contributed by atoms with E-state index in [0.717, 1.165) is 16.5 Å². The molecular weight excluding hydrogens is 488 g/mol. The Morgan fingerprint density at radius 1 is 0.811 bits per heavy atom. The molecule has 7 nitrogen and oxygen atoms in total. The monoisotopic (exact) mass is 520 g/mol. The van der Waals surface area contributed by atoms with E-state index in [-0.39, 0.29) is 29.0 Å². The molecular formula is C29H32N2O5S. The maximum absolute atomic E-state index is 13.9. The largest absolute Gasteiger partial charge is 0.497 e. The molecule has 3 aromatic carbocycles. The third-order valence-electron chi connectivity index (χ3n) is 6.35. The fourth-order valence-electron chi connectivity index (χ4n) is 4.10. The summed E-state index contributed by atoms with van der Waals surface area (Å²) in [6.07, 6.45) is 0. The number of aromatic nitrogens is 1. The average molecular weight is 521 g/mol. The Morgan fingerprint density at radius 3 is 2.03 bits per heavy atom. The van der Waals surface area contributed by atoms with E-state index >= 15 is 0 Å². The summed E-state index contributed by atoms with van der Waals surface area (Å²) in [5, 5.41) is 0.755. The van der Waals surface area contributed by atoms with Gasteiger partial charge in [0, 0.05) is 29.6 Å². The summed E-state index contributed by atoms with van der Waals surface area (Å²) in [4.78, 5) is 16.0. The molecule has 8 heteroatoms. The predicted octanol–water partition coefficient (Wildman–Crippen LogP) is 5.23. The van der Waals surface area contributed by atoms with E-state index < -0.39 is 10.0 Å². The Bertz CT molecular complexity index is 1550. The van der Waals surface area contributed by atoms with Gasteiger partial charge in [0.15, 0.2) is 0 Å². The molecule has 0 saturated carbocycles. The lowest BCUT2D eigenvalue weighted by Crippen LogP contribution is -2.32. The normalized spacial score (nSPS) is 12.2. The van der Waals surface area contributed by atoms with Crippen LogP contribution in [0.3, 0.4) is 0 Å². The van der Waals surface area contributed by atoms with E-state index in [0.29, 0.717) is 22.6 Å². The molecule has 0 radical (unpaired) electrons. The highest BCUT2D eigenvalue weighted by Crippen LogP contribution is 2.27. The number of benzene rings is 3. The van der Waals surface area contributed by atoms with Crippen molar-refractivity contribution in [3.63, 3.8) is 0 Å². The van der Waals surface area contributed by atoms with Crippen LogP contribution in [0.5, 0.6) is 11.5 Å². The van der Waals surface area contributed by atoms with Gasteiger partial charge in [0.1, 0.15) is 11.5 Å². The van der Waals surface area contributed by atoms with Crippen molar-refractivity contribution < 1.29 is 17.9 Å². The molecule has 0 aliphatic heterocycles. The quantitative estimate of drug-likeness (QED) is 0.344. The van der Waals surface area contributed by atoms with E-state index in [1.807, 2.05) is 30.3 Å². The standard InChI is InChI=1S/C29H32N2O5S/c1-29(2,3)23-8-13-26(14-9-23)37(33,34)31(18-20-6-10-24(35-4)11-7-20)19-22-16-21-17-25(36-5)12-15-27(21)30-28(22)32/h6-17H,18-19H2,1-5H3,(H,30,32). The van der Waals surface area contributed by atoms with Crippen LogP contribution in [0.25, 0.3) is 10.9 Å². The predicted molar refractivity (Wildman–Crippen MR) is 146 cm³/mol. The molecule has 1 N–H and O–H groups in total. The van der Waals surface area contributed by atoms with Crippen molar-refractivity contribution in [2.75, 3.05) is 14.2 Å². The topological polar surface area (TPSA) is 88.7 Å². The van der Waals surface area contributed by atoms with Crippen LogP contribution in [0, 0.1) is 0 Å². The Hall–Kier alpha value is -3.62. The smallest absolute Gasteiger partial charge is 0.252 e. The van der Waals surface area contributed by atoms with Crippen LogP contribution in [-0.2, 0) is 28.5 Å². The number of methoxy groups -OCH3 is 2. The lowest BCUT2D eigenvalue weighted by molar-refractivity contribution is 0.398. The van der Waals surface area contributed by atoms with E-state index in [2.05, 4.69) is 25.8 Å². The van der Waals surface area contributed by atoms with Crippen LogP contribution in [0.15, 0.2) is 82.5 Å². The first-order valence-corrected chi connectivity index (χ1v) is 13.4. The second kappa shape index (κ2) is 10.4. The molecule has 0 amide bonds. The van der Waals surface area contributed by atoms with Crippen molar-refractivity contribution in [2.45, 2.75) is 44.2 Å². The second-order valence-corrected chi connectivity index (χ2v) is 11.9. The third-order valence-corrected chi connectivity index (χ3v) is 8.16. The van der Waals surface area contributed by atoms with Gasteiger partial charge in [-0.2, -0.15) is 4.31 Å². The first-order chi connectivity index (χ1) is 17.5. The minimum atomic E-state index is -3.93. The lowest BCUT2D eigenvalue weighted by atomic mass is 9.87. The summed E-state index contributed by atoms with van der Waals surface area (Å²) in [6, 6.07) is 21.2. The SMILES string of the molecule is COc1ccc(CN(Cc2cc3cc(OC)ccc3[nH]c2=O)S(=O)(=O)c2ccc(C(C)(C)C)cc2)cc1. The Balaban J connectivity index is 1.76. The molecule has 0 saturated heterocycles. The number of hydrogen-bond acceptors (Lipinski definition) is 5. The van der Waals surface area contributed by atoms with Crippen LogP contribution in [-0.4, -0.2) is 31.9 Å². The van der Waals surface area contributed by atoms with E-state index in [1.165, 1.54) is 4.31 Å². The fraction of sp³-hybridized carbons (Fsp3) is 0.276. The van der Waals surface area contributed by atoms with Gasteiger partial charge in [-0.3, -0.25) is 4.79 Å². The lowest BCUT2D eigenvalue weighted by Gasteiger charge is -2.24. The van der Waals surface area contributed by atoms with Gasteiger partial charge < -0.3 is 14.5 Å². The number of ether oxygens (including phenoxy) is 2. The maximum atomic E-state index is 13.9. The van der Waals surface area contributed by atoms with Crippen molar-refractivity contribution in [3.05, 3.63) is 99.8 Å². The van der Waals surface area contributed by atoms with Crippen molar-refractivity contribution in [1.29, 1.82) is 0 Å². The zero-order valence-electron chi connectivity index (χ0n) is 21.7.